The number of aryl methyl sites for hydroxylation is 2. The van der Waals surface area contributed by atoms with E-state index < -0.39 is 0 Å². The molecule has 186 valence electrons. The molecule has 1 aliphatic heterocycles. The van der Waals surface area contributed by atoms with Gasteiger partial charge in [0.15, 0.2) is 0 Å². The average molecular weight is 495 g/mol. The first-order valence-corrected chi connectivity index (χ1v) is 13.7. The molecule has 3 fully saturated rings. The number of pyridine rings is 1. The van der Waals surface area contributed by atoms with Gasteiger partial charge in [0.2, 0.25) is 5.95 Å². The molecule has 8 nitrogen and oxygen atoms in total. The molecule has 3 aromatic rings. The minimum atomic E-state index is 0.0593. The molecule has 1 saturated heterocycles. The number of aliphatic hydroxyl groups is 1. The summed E-state index contributed by atoms with van der Waals surface area (Å²) in [7, 11) is 0. The van der Waals surface area contributed by atoms with E-state index in [1.807, 2.05) is 26.1 Å². The van der Waals surface area contributed by atoms with Crippen molar-refractivity contribution >= 4 is 33.3 Å². The fourth-order valence-corrected chi connectivity index (χ4v) is 7.25. The Labute approximate surface area is 210 Å². The van der Waals surface area contributed by atoms with E-state index in [1.54, 1.807) is 11.3 Å². The Bertz CT molecular complexity index is 1220. The lowest BCUT2D eigenvalue weighted by molar-refractivity contribution is 0.0103. The summed E-state index contributed by atoms with van der Waals surface area (Å²) < 4.78 is 7.36. The minimum Gasteiger partial charge on any atom is -0.396 e. The summed E-state index contributed by atoms with van der Waals surface area (Å²) in [4.78, 5) is 19.2. The van der Waals surface area contributed by atoms with Gasteiger partial charge in [0.25, 0.3) is 0 Å². The lowest BCUT2D eigenvalue weighted by Crippen LogP contribution is -2.26. The number of nitrogens with zero attached hydrogens (tertiary/aromatic N) is 4. The smallest absolute Gasteiger partial charge is 0.225 e. The molecule has 3 atom stereocenters. The molecular formula is C26H34N6O2S. The van der Waals surface area contributed by atoms with E-state index in [2.05, 4.69) is 15.6 Å². The van der Waals surface area contributed by atoms with Crippen LogP contribution < -0.4 is 10.6 Å². The van der Waals surface area contributed by atoms with E-state index in [1.165, 1.54) is 12.8 Å². The number of ether oxygens (including phenoxy) is 1. The number of hydrogen-bond acceptors (Lipinski definition) is 9. The third kappa shape index (κ3) is 4.49. The highest BCUT2D eigenvalue weighted by Gasteiger charge is 2.42. The number of nitrogens with one attached hydrogen (secondary N) is 2. The maximum Gasteiger partial charge on any atom is 0.225 e. The maximum absolute atomic E-state index is 9.63. The molecule has 0 bridgehead atoms. The predicted octanol–water partition coefficient (Wildman–Crippen LogP) is 4.85. The van der Waals surface area contributed by atoms with Gasteiger partial charge in [-0.2, -0.15) is 4.98 Å². The summed E-state index contributed by atoms with van der Waals surface area (Å²) in [6.45, 7) is 4.99. The van der Waals surface area contributed by atoms with Gasteiger partial charge in [-0.3, -0.25) is 4.98 Å². The van der Waals surface area contributed by atoms with Crippen LogP contribution in [-0.4, -0.2) is 55.9 Å². The van der Waals surface area contributed by atoms with Crippen LogP contribution in [0.5, 0.6) is 0 Å². The van der Waals surface area contributed by atoms with Gasteiger partial charge >= 0.3 is 0 Å². The van der Waals surface area contributed by atoms with Crippen LogP contribution in [0.1, 0.15) is 62.8 Å². The first kappa shape index (κ1) is 23.1. The van der Waals surface area contributed by atoms with E-state index in [9.17, 15) is 5.11 Å². The number of aromatic nitrogens is 4. The number of anilines is 2. The lowest BCUT2D eigenvalue weighted by Gasteiger charge is -2.22. The fourth-order valence-electron chi connectivity index (χ4n) is 6.14. The van der Waals surface area contributed by atoms with Crippen molar-refractivity contribution in [2.75, 3.05) is 23.8 Å². The second-order valence-electron chi connectivity index (χ2n) is 10.6. The van der Waals surface area contributed by atoms with Gasteiger partial charge in [-0.25, -0.2) is 9.97 Å². The van der Waals surface area contributed by atoms with Crippen molar-refractivity contribution in [2.45, 2.75) is 82.9 Å². The second kappa shape index (κ2) is 9.26. The summed E-state index contributed by atoms with van der Waals surface area (Å²) in [6, 6.07) is 2.53. The summed E-state index contributed by atoms with van der Waals surface area (Å²) >= 11 is 1.66. The van der Waals surface area contributed by atoms with Crippen LogP contribution in [0.4, 0.5) is 11.8 Å². The molecule has 0 amide bonds. The van der Waals surface area contributed by atoms with Crippen molar-refractivity contribution in [2.24, 2.45) is 5.92 Å². The van der Waals surface area contributed by atoms with Crippen molar-refractivity contribution in [1.82, 2.24) is 19.9 Å². The molecule has 3 unspecified atom stereocenters. The highest BCUT2D eigenvalue weighted by Crippen LogP contribution is 2.42. The van der Waals surface area contributed by atoms with Gasteiger partial charge in [0.05, 0.1) is 39.9 Å². The number of aliphatic hydroxyl groups excluding tert-OH is 1. The first-order valence-electron chi connectivity index (χ1n) is 12.9. The highest BCUT2D eigenvalue weighted by atomic mass is 32.1. The van der Waals surface area contributed by atoms with Crippen molar-refractivity contribution in [1.29, 1.82) is 0 Å². The number of hydrogen-bond donors (Lipinski definition) is 3. The summed E-state index contributed by atoms with van der Waals surface area (Å²) in [6.07, 6.45) is 10.7. The summed E-state index contributed by atoms with van der Waals surface area (Å²) in [5, 5.41) is 17.8. The van der Waals surface area contributed by atoms with Gasteiger partial charge in [-0.1, -0.05) is 12.8 Å². The van der Waals surface area contributed by atoms with Crippen molar-refractivity contribution in [3.63, 3.8) is 0 Å². The number of thiazole rings is 1. The van der Waals surface area contributed by atoms with Crippen LogP contribution in [0.2, 0.25) is 0 Å². The third-order valence-corrected chi connectivity index (χ3v) is 9.03. The Morgan fingerprint density at radius 1 is 1.09 bits per heavy atom. The van der Waals surface area contributed by atoms with Crippen LogP contribution in [-0.2, 0) is 4.74 Å². The minimum absolute atomic E-state index is 0.0593. The lowest BCUT2D eigenvalue weighted by atomic mass is 9.96. The van der Waals surface area contributed by atoms with Crippen LogP contribution >= 0.6 is 11.3 Å². The number of fused-ring (bicyclic) bond motifs is 1. The Morgan fingerprint density at radius 3 is 2.71 bits per heavy atom. The van der Waals surface area contributed by atoms with Crippen molar-refractivity contribution < 1.29 is 9.84 Å². The quantitative estimate of drug-likeness (QED) is 0.447. The van der Waals surface area contributed by atoms with Crippen LogP contribution in [0, 0.1) is 19.8 Å². The molecule has 6 rings (SSSR count). The molecule has 4 heterocycles. The van der Waals surface area contributed by atoms with E-state index in [0.29, 0.717) is 18.5 Å². The Hall–Kier alpha value is -2.36. The maximum atomic E-state index is 9.63. The standard InChI is InChI=1S/C26H34N6O2S/c1-15-21(24-31-22-16(2)27-10-7-20(22)35-24)23(29-18-6-5-17(11-18)13-33)32-25(28-15)30-19-12-26(34-14-19)8-3-4-9-26/h7,10,17-19,33H,3-6,8-9,11-14H2,1-2H3,(H2,28,29,30,32). The first-order chi connectivity index (χ1) is 17.0. The molecular weight excluding hydrogens is 460 g/mol. The third-order valence-electron chi connectivity index (χ3n) is 7.99. The van der Waals surface area contributed by atoms with Gasteiger partial charge in [0, 0.05) is 18.8 Å². The van der Waals surface area contributed by atoms with Gasteiger partial charge in [-0.15, -0.1) is 11.3 Å². The van der Waals surface area contributed by atoms with Gasteiger partial charge in [0.1, 0.15) is 16.3 Å². The average Bonchev–Trinajstić information content (AvgIpc) is 3.63. The SMILES string of the molecule is Cc1nc(NC2COC3(CCCC3)C2)nc(NC2CCC(CO)C2)c1-c1nc2c(C)nccc2s1. The van der Waals surface area contributed by atoms with E-state index in [0.717, 1.165) is 76.5 Å². The predicted molar refractivity (Wildman–Crippen MR) is 139 cm³/mol. The van der Waals surface area contributed by atoms with E-state index in [4.69, 9.17) is 19.7 Å². The van der Waals surface area contributed by atoms with Crippen LogP contribution in [0.25, 0.3) is 20.8 Å². The molecule has 9 heteroatoms. The Balaban J connectivity index is 1.33. The molecule has 0 radical (unpaired) electrons. The van der Waals surface area contributed by atoms with Gasteiger partial charge in [-0.05, 0) is 64.4 Å². The monoisotopic (exact) mass is 494 g/mol. The molecule has 3 aromatic heterocycles. The van der Waals surface area contributed by atoms with Gasteiger partial charge < -0.3 is 20.5 Å². The zero-order chi connectivity index (χ0) is 24.0. The fraction of sp³-hybridized carbons (Fsp3) is 0.615. The molecule has 1 spiro atoms. The molecule has 0 aromatic carbocycles. The van der Waals surface area contributed by atoms with E-state index in [-0.39, 0.29) is 24.3 Å². The number of rotatable bonds is 6. The van der Waals surface area contributed by atoms with Crippen molar-refractivity contribution in [3.8, 4) is 10.6 Å². The topological polar surface area (TPSA) is 105 Å². The molecule has 35 heavy (non-hydrogen) atoms. The highest BCUT2D eigenvalue weighted by molar-refractivity contribution is 7.21. The zero-order valence-corrected chi connectivity index (χ0v) is 21.3. The van der Waals surface area contributed by atoms with Crippen molar-refractivity contribution in [3.05, 3.63) is 23.7 Å². The Kier molecular flexibility index (Phi) is 6.10. The Morgan fingerprint density at radius 2 is 1.94 bits per heavy atom. The zero-order valence-electron chi connectivity index (χ0n) is 20.5. The normalized spacial score (nSPS) is 25.6. The van der Waals surface area contributed by atoms with E-state index >= 15 is 0 Å². The largest absolute Gasteiger partial charge is 0.396 e. The molecule has 2 saturated carbocycles. The van der Waals surface area contributed by atoms with Crippen LogP contribution in [0.15, 0.2) is 12.3 Å². The molecule has 3 aliphatic rings. The molecule has 3 N–H and O–H groups in total. The molecule has 2 aliphatic carbocycles. The van der Waals surface area contributed by atoms with Crippen LogP contribution in [0.3, 0.4) is 0 Å². The second-order valence-corrected chi connectivity index (χ2v) is 11.6. The summed E-state index contributed by atoms with van der Waals surface area (Å²) in [5.41, 5.74) is 3.79. The summed E-state index contributed by atoms with van der Waals surface area (Å²) in [5.74, 6) is 1.82.